The SMILES string of the molecule is Fc1cccc2c(Br)c(C3CCCNC3)[nH]c12. The molecule has 1 fully saturated rings. The van der Waals surface area contributed by atoms with Crippen LogP contribution in [0.2, 0.25) is 0 Å². The summed E-state index contributed by atoms with van der Waals surface area (Å²) in [6.07, 6.45) is 2.33. The average Bonchev–Trinajstić information content (AvgIpc) is 2.70. The predicted molar refractivity (Wildman–Crippen MR) is 70.8 cm³/mol. The largest absolute Gasteiger partial charge is 0.355 e. The molecule has 1 aromatic carbocycles. The molecular formula is C13H14BrFN2. The number of aromatic nitrogens is 1. The predicted octanol–water partition coefficient (Wildman–Crippen LogP) is 3.54. The van der Waals surface area contributed by atoms with Crippen molar-refractivity contribution in [1.29, 1.82) is 0 Å². The Kier molecular flexibility index (Phi) is 2.92. The molecule has 1 atom stereocenters. The summed E-state index contributed by atoms with van der Waals surface area (Å²) in [6.45, 7) is 2.05. The van der Waals surface area contributed by atoms with E-state index in [1.54, 1.807) is 6.07 Å². The summed E-state index contributed by atoms with van der Waals surface area (Å²) in [5, 5.41) is 4.32. The van der Waals surface area contributed by atoms with Crippen LogP contribution >= 0.6 is 15.9 Å². The van der Waals surface area contributed by atoms with E-state index in [2.05, 4.69) is 26.2 Å². The highest BCUT2D eigenvalue weighted by Crippen LogP contribution is 2.35. The number of para-hydroxylation sites is 1. The van der Waals surface area contributed by atoms with Gasteiger partial charge >= 0.3 is 0 Å². The first-order valence-electron chi connectivity index (χ1n) is 5.93. The van der Waals surface area contributed by atoms with E-state index in [9.17, 15) is 4.39 Å². The van der Waals surface area contributed by atoms with Crippen LogP contribution in [0, 0.1) is 5.82 Å². The Bertz CT molecular complexity index is 544. The van der Waals surface area contributed by atoms with E-state index in [1.165, 1.54) is 12.5 Å². The van der Waals surface area contributed by atoms with Crippen molar-refractivity contribution in [2.24, 2.45) is 0 Å². The lowest BCUT2D eigenvalue weighted by molar-refractivity contribution is 0.455. The van der Waals surface area contributed by atoms with Gasteiger partial charge < -0.3 is 10.3 Å². The summed E-state index contributed by atoms with van der Waals surface area (Å²) in [6, 6.07) is 5.19. The first kappa shape index (κ1) is 11.2. The zero-order chi connectivity index (χ0) is 11.8. The standard InChI is InChI=1S/C13H14BrFN2/c14-11-9-4-1-5-10(15)13(9)17-12(11)8-3-2-6-16-7-8/h1,4-5,8,16-17H,2-3,6-7H2. The molecule has 1 aliphatic heterocycles. The topological polar surface area (TPSA) is 27.8 Å². The van der Waals surface area contributed by atoms with Crippen LogP contribution in [0.1, 0.15) is 24.5 Å². The van der Waals surface area contributed by atoms with Crippen molar-refractivity contribution in [3.8, 4) is 0 Å². The van der Waals surface area contributed by atoms with Crippen LogP contribution in [0.3, 0.4) is 0 Å². The van der Waals surface area contributed by atoms with Crippen LogP contribution in [-0.2, 0) is 0 Å². The van der Waals surface area contributed by atoms with E-state index in [1.807, 2.05) is 6.07 Å². The zero-order valence-electron chi connectivity index (χ0n) is 9.39. The minimum atomic E-state index is -0.182. The van der Waals surface area contributed by atoms with E-state index in [4.69, 9.17) is 0 Å². The van der Waals surface area contributed by atoms with Gasteiger partial charge in [-0.2, -0.15) is 0 Å². The number of piperidine rings is 1. The van der Waals surface area contributed by atoms with Gasteiger partial charge in [0.2, 0.25) is 0 Å². The molecule has 0 amide bonds. The molecule has 1 saturated heterocycles. The lowest BCUT2D eigenvalue weighted by Gasteiger charge is -2.22. The smallest absolute Gasteiger partial charge is 0.147 e. The number of benzene rings is 1. The van der Waals surface area contributed by atoms with Gasteiger partial charge in [-0.3, -0.25) is 0 Å². The lowest BCUT2D eigenvalue weighted by atomic mass is 9.96. The molecule has 2 aromatic rings. The van der Waals surface area contributed by atoms with Crippen molar-refractivity contribution < 1.29 is 4.39 Å². The molecule has 1 unspecified atom stereocenters. The van der Waals surface area contributed by atoms with Crippen LogP contribution in [0.25, 0.3) is 10.9 Å². The fraction of sp³-hybridized carbons (Fsp3) is 0.385. The maximum atomic E-state index is 13.7. The second kappa shape index (κ2) is 4.42. The van der Waals surface area contributed by atoms with Gasteiger partial charge in [-0.15, -0.1) is 0 Å². The normalized spacial score (nSPS) is 20.9. The van der Waals surface area contributed by atoms with Gasteiger partial charge in [0.25, 0.3) is 0 Å². The molecule has 0 bridgehead atoms. The Labute approximate surface area is 108 Å². The Morgan fingerprint density at radius 1 is 1.35 bits per heavy atom. The number of fused-ring (bicyclic) bond motifs is 1. The summed E-state index contributed by atoms with van der Waals surface area (Å²) < 4.78 is 14.7. The van der Waals surface area contributed by atoms with Gasteiger partial charge in [0.1, 0.15) is 5.82 Å². The minimum absolute atomic E-state index is 0.182. The Morgan fingerprint density at radius 2 is 2.24 bits per heavy atom. The molecule has 90 valence electrons. The third kappa shape index (κ3) is 1.89. The van der Waals surface area contributed by atoms with Crippen molar-refractivity contribution in [3.63, 3.8) is 0 Å². The first-order chi connectivity index (χ1) is 8.27. The monoisotopic (exact) mass is 296 g/mol. The fourth-order valence-corrected chi connectivity index (χ4v) is 3.30. The molecule has 0 aliphatic carbocycles. The lowest BCUT2D eigenvalue weighted by Crippen LogP contribution is -2.28. The fourth-order valence-electron chi connectivity index (χ4n) is 2.55. The molecule has 2 heterocycles. The molecule has 17 heavy (non-hydrogen) atoms. The number of hydrogen-bond donors (Lipinski definition) is 2. The van der Waals surface area contributed by atoms with Gasteiger partial charge in [-0.1, -0.05) is 12.1 Å². The van der Waals surface area contributed by atoms with E-state index < -0.39 is 0 Å². The highest BCUT2D eigenvalue weighted by Gasteiger charge is 2.21. The third-order valence-electron chi connectivity index (χ3n) is 3.45. The molecule has 0 spiro atoms. The summed E-state index contributed by atoms with van der Waals surface area (Å²) in [5.74, 6) is 0.267. The number of hydrogen-bond acceptors (Lipinski definition) is 1. The van der Waals surface area contributed by atoms with Gasteiger partial charge in [0, 0.05) is 28.0 Å². The van der Waals surface area contributed by atoms with Crippen molar-refractivity contribution in [1.82, 2.24) is 10.3 Å². The van der Waals surface area contributed by atoms with Crippen LogP contribution in [-0.4, -0.2) is 18.1 Å². The summed E-state index contributed by atoms with van der Waals surface area (Å²) >= 11 is 3.60. The second-order valence-electron chi connectivity index (χ2n) is 4.56. The van der Waals surface area contributed by atoms with Crippen molar-refractivity contribution in [3.05, 3.63) is 34.2 Å². The van der Waals surface area contributed by atoms with Crippen molar-refractivity contribution >= 4 is 26.8 Å². The molecule has 1 aliphatic rings. The molecule has 0 saturated carbocycles. The maximum absolute atomic E-state index is 13.7. The summed E-state index contributed by atoms with van der Waals surface area (Å²) in [4.78, 5) is 3.24. The van der Waals surface area contributed by atoms with Gasteiger partial charge in [0.15, 0.2) is 0 Å². The van der Waals surface area contributed by atoms with Crippen molar-refractivity contribution in [2.75, 3.05) is 13.1 Å². The third-order valence-corrected chi connectivity index (χ3v) is 4.31. The number of H-pyrrole nitrogens is 1. The summed E-state index contributed by atoms with van der Waals surface area (Å²) in [7, 11) is 0. The minimum Gasteiger partial charge on any atom is -0.355 e. The van der Waals surface area contributed by atoms with E-state index in [0.717, 1.165) is 35.1 Å². The highest BCUT2D eigenvalue weighted by atomic mass is 79.9. The maximum Gasteiger partial charge on any atom is 0.147 e. The van der Waals surface area contributed by atoms with Gasteiger partial charge in [-0.05, 0) is 41.4 Å². The number of halogens is 2. The van der Waals surface area contributed by atoms with Crippen LogP contribution in [0.5, 0.6) is 0 Å². The van der Waals surface area contributed by atoms with E-state index in [0.29, 0.717) is 11.4 Å². The molecule has 0 radical (unpaired) electrons. The molecular weight excluding hydrogens is 283 g/mol. The summed E-state index contributed by atoms with van der Waals surface area (Å²) in [5.41, 5.74) is 1.73. The van der Waals surface area contributed by atoms with Crippen molar-refractivity contribution in [2.45, 2.75) is 18.8 Å². The van der Waals surface area contributed by atoms with Crippen LogP contribution < -0.4 is 5.32 Å². The Morgan fingerprint density at radius 3 is 2.94 bits per heavy atom. The first-order valence-corrected chi connectivity index (χ1v) is 6.73. The highest BCUT2D eigenvalue weighted by molar-refractivity contribution is 9.10. The number of rotatable bonds is 1. The van der Waals surface area contributed by atoms with E-state index in [-0.39, 0.29) is 5.82 Å². The zero-order valence-corrected chi connectivity index (χ0v) is 11.0. The van der Waals surface area contributed by atoms with Gasteiger partial charge in [-0.25, -0.2) is 4.39 Å². The quantitative estimate of drug-likeness (QED) is 0.828. The number of aromatic amines is 1. The average molecular weight is 297 g/mol. The van der Waals surface area contributed by atoms with Gasteiger partial charge in [0.05, 0.1) is 5.52 Å². The van der Waals surface area contributed by atoms with Crippen LogP contribution in [0.15, 0.2) is 22.7 Å². The Balaban J connectivity index is 2.10. The van der Waals surface area contributed by atoms with E-state index >= 15 is 0 Å². The molecule has 2 N–H and O–H groups in total. The second-order valence-corrected chi connectivity index (χ2v) is 5.35. The molecule has 1 aromatic heterocycles. The molecule has 4 heteroatoms. The van der Waals surface area contributed by atoms with Crippen LogP contribution in [0.4, 0.5) is 4.39 Å². The molecule has 3 rings (SSSR count). The Hall–Kier alpha value is -0.870. The molecule has 2 nitrogen and oxygen atoms in total. The number of nitrogens with one attached hydrogen (secondary N) is 2.